The van der Waals surface area contributed by atoms with Crippen molar-refractivity contribution >= 4 is 0 Å². The van der Waals surface area contributed by atoms with Gasteiger partial charge < -0.3 is 10.1 Å². The Morgan fingerprint density at radius 3 is 2.35 bits per heavy atom. The van der Waals surface area contributed by atoms with Crippen LogP contribution >= 0.6 is 0 Å². The molecule has 1 rings (SSSR count). The van der Waals surface area contributed by atoms with Gasteiger partial charge in [-0.25, -0.2) is 0 Å². The first kappa shape index (κ1) is 15.0. The van der Waals surface area contributed by atoms with Crippen molar-refractivity contribution in [3.8, 4) is 0 Å². The van der Waals surface area contributed by atoms with Crippen molar-refractivity contribution in [2.45, 2.75) is 85.0 Å². The molecule has 0 aromatic carbocycles. The summed E-state index contributed by atoms with van der Waals surface area (Å²) in [7, 11) is 0. The second-order valence-electron chi connectivity index (χ2n) is 5.53. The summed E-state index contributed by atoms with van der Waals surface area (Å²) in [6.45, 7) is 12.4. The molecule has 1 fully saturated rings. The molecule has 0 aliphatic heterocycles. The lowest BCUT2D eigenvalue weighted by Crippen LogP contribution is -2.64. The normalized spacial score (nSPS) is 28.8. The van der Waals surface area contributed by atoms with E-state index in [0.717, 1.165) is 13.0 Å². The van der Waals surface area contributed by atoms with Crippen LogP contribution in [0.2, 0.25) is 0 Å². The van der Waals surface area contributed by atoms with Crippen LogP contribution in [0.4, 0.5) is 0 Å². The summed E-state index contributed by atoms with van der Waals surface area (Å²) in [6, 6.07) is 0.673. The lowest BCUT2D eigenvalue weighted by Gasteiger charge is -2.56. The van der Waals surface area contributed by atoms with Crippen LogP contribution in [0.25, 0.3) is 0 Å². The van der Waals surface area contributed by atoms with Gasteiger partial charge in [-0.1, -0.05) is 27.7 Å². The van der Waals surface area contributed by atoms with Crippen molar-refractivity contribution in [2.24, 2.45) is 5.41 Å². The fourth-order valence-electron chi connectivity index (χ4n) is 3.12. The molecular formula is C15H31NO. The minimum atomic E-state index is 0.387. The smallest absolute Gasteiger partial charge is 0.0664 e. The van der Waals surface area contributed by atoms with Crippen LogP contribution in [0.3, 0.4) is 0 Å². The van der Waals surface area contributed by atoms with Crippen LogP contribution in [0, 0.1) is 5.41 Å². The molecule has 3 unspecified atom stereocenters. The van der Waals surface area contributed by atoms with Gasteiger partial charge in [0.1, 0.15) is 0 Å². The number of nitrogens with one attached hydrogen (secondary N) is 1. The predicted octanol–water partition coefficient (Wildman–Crippen LogP) is 3.75. The average molecular weight is 241 g/mol. The summed E-state index contributed by atoms with van der Waals surface area (Å²) in [4.78, 5) is 0. The van der Waals surface area contributed by atoms with Gasteiger partial charge in [-0.3, -0.25) is 0 Å². The van der Waals surface area contributed by atoms with E-state index in [1.165, 1.54) is 25.7 Å². The lowest BCUT2D eigenvalue weighted by molar-refractivity contribution is -0.163. The van der Waals surface area contributed by atoms with Gasteiger partial charge in [0, 0.05) is 11.5 Å². The summed E-state index contributed by atoms with van der Waals surface area (Å²) in [5, 5.41) is 3.70. The Bertz CT molecular complexity index is 213. The summed E-state index contributed by atoms with van der Waals surface area (Å²) >= 11 is 0. The maximum absolute atomic E-state index is 6.20. The van der Waals surface area contributed by atoms with Gasteiger partial charge in [-0.05, 0) is 45.6 Å². The highest BCUT2D eigenvalue weighted by atomic mass is 16.5. The van der Waals surface area contributed by atoms with Crippen LogP contribution in [-0.4, -0.2) is 24.8 Å². The van der Waals surface area contributed by atoms with Crippen molar-refractivity contribution in [3.63, 3.8) is 0 Å². The first-order chi connectivity index (χ1) is 8.14. The molecule has 1 aliphatic rings. The Morgan fingerprint density at radius 2 is 1.88 bits per heavy atom. The lowest BCUT2D eigenvalue weighted by atomic mass is 9.58. The molecule has 0 radical (unpaired) electrons. The summed E-state index contributed by atoms with van der Waals surface area (Å²) < 4.78 is 6.20. The van der Waals surface area contributed by atoms with Crippen molar-refractivity contribution in [3.05, 3.63) is 0 Å². The Balaban J connectivity index is 2.57. The van der Waals surface area contributed by atoms with E-state index >= 15 is 0 Å². The van der Waals surface area contributed by atoms with E-state index in [1.807, 2.05) is 0 Å². The van der Waals surface area contributed by atoms with Crippen molar-refractivity contribution in [1.29, 1.82) is 0 Å². The summed E-state index contributed by atoms with van der Waals surface area (Å²) in [6.07, 6.45) is 6.87. The largest absolute Gasteiger partial charge is 0.375 e. The molecule has 2 heteroatoms. The zero-order valence-electron chi connectivity index (χ0n) is 12.4. The topological polar surface area (TPSA) is 21.3 Å². The van der Waals surface area contributed by atoms with E-state index in [9.17, 15) is 0 Å². The quantitative estimate of drug-likeness (QED) is 0.699. The molecule has 0 spiro atoms. The SMILES string of the molecule is CCCNC1CC(OC(C)CC)C1(CC)CC. The van der Waals surface area contributed by atoms with E-state index in [1.54, 1.807) is 0 Å². The molecule has 3 atom stereocenters. The number of hydrogen-bond acceptors (Lipinski definition) is 2. The Labute approximate surface area is 108 Å². The Hall–Kier alpha value is -0.0800. The van der Waals surface area contributed by atoms with Gasteiger partial charge >= 0.3 is 0 Å². The standard InChI is InChI=1S/C15H31NO/c1-6-10-16-13-11-14(17-12(5)7-2)15(13,8-3)9-4/h12-14,16H,6-11H2,1-5H3. The van der Waals surface area contributed by atoms with Gasteiger partial charge in [0.2, 0.25) is 0 Å². The number of hydrogen-bond donors (Lipinski definition) is 1. The van der Waals surface area contributed by atoms with E-state index in [-0.39, 0.29) is 0 Å². The van der Waals surface area contributed by atoms with Gasteiger partial charge in [0.15, 0.2) is 0 Å². The molecule has 0 saturated heterocycles. The van der Waals surface area contributed by atoms with Gasteiger partial charge in [-0.15, -0.1) is 0 Å². The molecule has 0 aromatic rings. The first-order valence-electron chi connectivity index (χ1n) is 7.53. The highest BCUT2D eigenvalue weighted by Crippen LogP contribution is 2.49. The van der Waals surface area contributed by atoms with E-state index in [2.05, 4.69) is 39.9 Å². The fraction of sp³-hybridized carbons (Fsp3) is 1.00. The van der Waals surface area contributed by atoms with Crippen molar-refractivity contribution in [1.82, 2.24) is 5.32 Å². The van der Waals surface area contributed by atoms with E-state index in [4.69, 9.17) is 4.74 Å². The average Bonchev–Trinajstić information content (AvgIpc) is 2.34. The monoisotopic (exact) mass is 241 g/mol. The fourth-order valence-corrected chi connectivity index (χ4v) is 3.12. The van der Waals surface area contributed by atoms with Crippen LogP contribution in [0.15, 0.2) is 0 Å². The third-order valence-electron chi connectivity index (χ3n) is 4.71. The van der Waals surface area contributed by atoms with Crippen LogP contribution < -0.4 is 5.32 Å². The minimum Gasteiger partial charge on any atom is -0.375 e. The second-order valence-corrected chi connectivity index (χ2v) is 5.53. The second kappa shape index (κ2) is 6.75. The molecule has 102 valence electrons. The molecule has 1 N–H and O–H groups in total. The number of ether oxygens (including phenoxy) is 1. The third kappa shape index (κ3) is 3.03. The van der Waals surface area contributed by atoms with Crippen LogP contribution in [0.1, 0.15) is 66.7 Å². The molecule has 0 heterocycles. The highest BCUT2D eigenvalue weighted by Gasteiger charge is 2.53. The zero-order chi connectivity index (χ0) is 12.9. The molecule has 0 amide bonds. The predicted molar refractivity (Wildman–Crippen MR) is 74.3 cm³/mol. The molecular weight excluding hydrogens is 210 g/mol. The summed E-state index contributed by atoms with van der Waals surface area (Å²) in [5.41, 5.74) is 0.387. The van der Waals surface area contributed by atoms with E-state index in [0.29, 0.717) is 23.7 Å². The summed E-state index contributed by atoms with van der Waals surface area (Å²) in [5.74, 6) is 0. The highest BCUT2D eigenvalue weighted by molar-refractivity contribution is 5.06. The van der Waals surface area contributed by atoms with Crippen LogP contribution in [-0.2, 0) is 4.74 Å². The van der Waals surface area contributed by atoms with Gasteiger partial charge in [0.05, 0.1) is 12.2 Å². The van der Waals surface area contributed by atoms with Gasteiger partial charge in [0.25, 0.3) is 0 Å². The molecule has 0 aromatic heterocycles. The Kier molecular flexibility index (Phi) is 5.94. The molecule has 1 saturated carbocycles. The maximum atomic E-state index is 6.20. The van der Waals surface area contributed by atoms with Gasteiger partial charge in [-0.2, -0.15) is 0 Å². The van der Waals surface area contributed by atoms with Crippen molar-refractivity contribution < 1.29 is 4.74 Å². The van der Waals surface area contributed by atoms with E-state index < -0.39 is 0 Å². The zero-order valence-corrected chi connectivity index (χ0v) is 12.4. The number of rotatable bonds is 8. The molecule has 0 bridgehead atoms. The van der Waals surface area contributed by atoms with Crippen LogP contribution in [0.5, 0.6) is 0 Å². The minimum absolute atomic E-state index is 0.387. The maximum Gasteiger partial charge on any atom is 0.0664 e. The third-order valence-corrected chi connectivity index (χ3v) is 4.71. The Morgan fingerprint density at radius 1 is 1.24 bits per heavy atom. The molecule has 17 heavy (non-hydrogen) atoms. The van der Waals surface area contributed by atoms with Crippen molar-refractivity contribution in [2.75, 3.05) is 6.54 Å². The molecule has 2 nitrogen and oxygen atoms in total. The first-order valence-corrected chi connectivity index (χ1v) is 7.53. The molecule has 1 aliphatic carbocycles.